The quantitative estimate of drug-likeness (QED) is 0.864. The highest BCUT2D eigenvalue weighted by Crippen LogP contribution is 2.20. The highest BCUT2D eigenvalue weighted by Gasteiger charge is 2.33. The van der Waals surface area contributed by atoms with Gasteiger partial charge in [-0.1, -0.05) is 35.0 Å². The molecule has 2 N–H and O–H groups in total. The molecule has 1 aliphatic heterocycles. The second-order valence-electron chi connectivity index (χ2n) is 5.09. The van der Waals surface area contributed by atoms with Crippen LogP contribution in [0, 0.1) is 5.92 Å². The molecule has 3 unspecified atom stereocenters. The van der Waals surface area contributed by atoms with Crippen molar-refractivity contribution in [3.8, 4) is 0 Å². The Morgan fingerprint density at radius 2 is 2.30 bits per heavy atom. The molecule has 1 aromatic carbocycles. The third kappa shape index (κ3) is 3.81. The lowest BCUT2D eigenvalue weighted by atomic mass is 10.0. The number of likely N-dealkylation sites (N-methyl/N-ethyl adjacent to an activating group) is 1. The van der Waals surface area contributed by atoms with Crippen molar-refractivity contribution in [2.45, 2.75) is 25.9 Å². The largest absolute Gasteiger partial charge is 0.379 e. The Kier molecular flexibility index (Phi) is 5.57. The Balaban J connectivity index is 1.97. The highest BCUT2D eigenvalue weighted by molar-refractivity contribution is 9.10. The van der Waals surface area contributed by atoms with Crippen LogP contribution in [0.25, 0.3) is 0 Å². The van der Waals surface area contributed by atoms with E-state index < -0.39 is 0 Å². The van der Waals surface area contributed by atoms with Crippen LogP contribution >= 0.6 is 15.9 Å². The predicted molar refractivity (Wildman–Crippen MR) is 82.5 cm³/mol. The Morgan fingerprint density at radius 3 is 3.00 bits per heavy atom. The summed E-state index contributed by atoms with van der Waals surface area (Å²) in [5, 5.41) is 6.38. The van der Waals surface area contributed by atoms with Crippen molar-refractivity contribution in [2.75, 3.05) is 19.8 Å². The maximum atomic E-state index is 12.4. The Hall–Kier alpha value is -0.910. The maximum Gasteiger partial charge on any atom is 0.227 e. The normalized spacial score (nSPS) is 23.6. The molecule has 1 aromatic rings. The summed E-state index contributed by atoms with van der Waals surface area (Å²) >= 11 is 3.45. The van der Waals surface area contributed by atoms with Gasteiger partial charge in [0.1, 0.15) is 0 Å². The minimum Gasteiger partial charge on any atom is -0.379 e. The molecule has 0 spiro atoms. The van der Waals surface area contributed by atoms with Crippen molar-refractivity contribution >= 4 is 21.8 Å². The molecule has 1 aliphatic rings. The molecule has 1 fully saturated rings. The van der Waals surface area contributed by atoms with Crippen LogP contribution < -0.4 is 10.6 Å². The second-order valence-corrected chi connectivity index (χ2v) is 6.01. The van der Waals surface area contributed by atoms with Gasteiger partial charge in [-0.2, -0.15) is 0 Å². The van der Waals surface area contributed by atoms with E-state index in [1.54, 1.807) is 0 Å². The van der Waals surface area contributed by atoms with E-state index in [1.165, 1.54) is 0 Å². The first-order chi connectivity index (χ1) is 9.61. The van der Waals surface area contributed by atoms with E-state index in [-0.39, 0.29) is 23.9 Å². The van der Waals surface area contributed by atoms with Crippen LogP contribution in [0.4, 0.5) is 0 Å². The average Bonchev–Trinajstić information content (AvgIpc) is 2.87. The molecule has 3 atom stereocenters. The van der Waals surface area contributed by atoms with Gasteiger partial charge < -0.3 is 15.4 Å². The average molecular weight is 341 g/mol. The summed E-state index contributed by atoms with van der Waals surface area (Å²) < 4.78 is 6.44. The van der Waals surface area contributed by atoms with Gasteiger partial charge in [0.05, 0.1) is 25.2 Å². The van der Waals surface area contributed by atoms with Crippen LogP contribution in [-0.2, 0) is 9.53 Å². The molecule has 0 radical (unpaired) electrons. The summed E-state index contributed by atoms with van der Waals surface area (Å²) in [5.74, 6) is -0.0505. The number of hydrogen-bond acceptors (Lipinski definition) is 3. The van der Waals surface area contributed by atoms with Crippen LogP contribution in [0.2, 0.25) is 0 Å². The summed E-state index contributed by atoms with van der Waals surface area (Å²) in [6.07, 6.45) is 0. The van der Waals surface area contributed by atoms with Crippen molar-refractivity contribution in [1.82, 2.24) is 10.6 Å². The van der Waals surface area contributed by atoms with Crippen LogP contribution in [0.1, 0.15) is 25.5 Å². The summed E-state index contributed by atoms with van der Waals surface area (Å²) in [7, 11) is 0. The van der Waals surface area contributed by atoms with Gasteiger partial charge in [-0.25, -0.2) is 0 Å². The van der Waals surface area contributed by atoms with Crippen LogP contribution in [-0.4, -0.2) is 31.7 Å². The zero-order valence-electron chi connectivity index (χ0n) is 11.9. The zero-order chi connectivity index (χ0) is 14.5. The standard InChI is InChI=1S/C15H21BrN2O2/c1-3-17-14-9-20-8-13(14)15(19)18-10(2)11-5-4-6-12(16)7-11/h4-7,10,13-14,17H,3,8-9H2,1-2H3,(H,18,19). The van der Waals surface area contributed by atoms with E-state index in [2.05, 4.69) is 26.6 Å². The molecule has 1 heterocycles. The van der Waals surface area contributed by atoms with E-state index >= 15 is 0 Å². The summed E-state index contributed by atoms with van der Waals surface area (Å²) in [6.45, 7) is 5.99. The monoisotopic (exact) mass is 340 g/mol. The molecule has 0 aliphatic carbocycles. The van der Waals surface area contributed by atoms with Crippen LogP contribution in [0.5, 0.6) is 0 Å². The van der Waals surface area contributed by atoms with Gasteiger partial charge >= 0.3 is 0 Å². The molecule has 0 saturated carbocycles. The number of benzene rings is 1. The van der Waals surface area contributed by atoms with Crippen molar-refractivity contribution < 1.29 is 9.53 Å². The molecule has 0 aromatic heterocycles. The first-order valence-electron chi connectivity index (χ1n) is 6.98. The van der Waals surface area contributed by atoms with E-state index in [4.69, 9.17) is 4.74 Å². The van der Waals surface area contributed by atoms with Gasteiger partial charge in [-0.3, -0.25) is 4.79 Å². The minimum absolute atomic E-state index is 0.0112. The molecular formula is C15H21BrN2O2. The summed E-state index contributed by atoms with van der Waals surface area (Å²) in [6, 6.07) is 8.10. The lowest BCUT2D eigenvalue weighted by molar-refractivity contribution is -0.126. The third-order valence-electron chi connectivity index (χ3n) is 3.59. The SMILES string of the molecule is CCNC1COCC1C(=O)NC(C)c1cccc(Br)c1. The van der Waals surface area contributed by atoms with Gasteiger partial charge in [0, 0.05) is 10.5 Å². The smallest absolute Gasteiger partial charge is 0.227 e. The van der Waals surface area contributed by atoms with Gasteiger partial charge in [0.25, 0.3) is 0 Å². The first-order valence-corrected chi connectivity index (χ1v) is 7.78. The number of carbonyl (C=O) groups is 1. The fourth-order valence-corrected chi connectivity index (χ4v) is 2.87. The minimum atomic E-state index is -0.107. The Bertz CT molecular complexity index is 467. The van der Waals surface area contributed by atoms with E-state index in [1.807, 2.05) is 38.1 Å². The van der Waals surface area contributed by atoms with E-state index in [9.17, 15) is 4.79 Å². The zero-order valence-corrected chi connectivity index (χ0v) is 13.4. The van der Waals surface area contributed by atoms with Crippen molar-refractivity contribution in [3.05, 3.63) is 34.3 Å². The number of halogens is 1. The molecule has 2 rings (SSSR count). The number of nitrogens with one attached hydrogen (secondary N) is 2. The maximum absolute atomic E-state index is 12.4. The van der Waals surface area contributed by atoms with Gasteiger partial charge in [0.15, 0.2) is 0 Å². The predicted octanol–water partition coefficient (Wildman–Crippen LogP) is 2.25. The number of amides is 1. The lowest BCUT2D eigenvalue weighted by Crippen LogP contribution is -2.44. The fraction of sp³-hybridized carbons (Fsp3) is 0.533. The number of carbonyl (C=O) groups excluding carboxylic acids is 1. The summed E-state index contributed by atoms with van der Waals surface area (Å²) in [4.78, 5) is 12.4. The van der Waals surface area contributed by atoms with Gasteiger partial charge in [-0.15, -0.1) is 0 Å². The van der Waals surface area contributed by atoms with E-state index in [0.717, 1.165) is 16.6 Å². The molecule has 110 valence electrons. The molecule has 20 heavy (non-hydrogen) atoms. The molecule has 0 bridgehead atoms. The lowest BCUT2D eigenvalue weighted by Gasteiger charge is -2.21. The topological polar surface area (TPSA) is 50.4 Å². The van der Waals surface area contributed by atoms with Crippen molar-refractivity contribution in [3.63, 3.8) is 0 Å². The van der Waals surface area contributed by atoms with Crippen molar-refractivity contribution in [2.24, 2.45) is 5.92 Å². The number of ether oxygens (including phenoxy) is 1. The third-order valence-corrected chi connectivity index (χ3v) is 4.08. The molecule has 5 heteroatoms. The highest BCUT2D eigenvalue weighted by atomic mass is 79.9. The van der Waals surface area contributed by atoms with Crippen molar-refractivity contribution in [1.29, 1.82) is 0 Å². The van der Waals surface area contributed by atoms with Crippen LogP contribution in [0.15, 0.2) is 28.7 Å². The van der Waals surface area contributed by atoms with Gasteiger partial charge in [0.2, 0.25) is 5.91 Å². The summed E-state index contributed by atoms with van der Waals surface area (Å²) in [5.41, 5.74) is 1.09. The molecular weight excluding hydrogens is 320 g/mol. The molecule has 4 nitrogen and oxygen atoms in total. The Morgan fingerprint density at radius 1 is 1.50 bits per heavy atom. The number of rotatable bonds is 5. The first kappa shape index (κ1) is 15.5. The van der Waals surface area contributed by atoms with E-state index in [0.29, 0.717) is 13.2 Å². The second kappa shape index (κ2) is 7.20. The molecule has 1 amide bonds. The Labute approximate surface area is 128 Å². The fourth-order valence-electron chi connectivity index (χ4n) is 2.46. The number of hydrogen-bond donors (Lipinski definition) is 2. The van der Waals surface area contributed by atoms with Crippen LogP contribution in [0.3, 0.4) is 0 Å². The van der Waals surface area contributed by atoms with Gasteiger partial charge in [-0.05, 0) is 31.2 Å². The molecule has 1 saturated heterocycles.